The maximum atomic E-state index is 11.9. The van der Waals surface area contributed by atoms with Gasteiger partial charge in [-0.25, -0.2) is 0 Å². The van der Waals surface area contributed by atoms with Crippen molar-refractivity contribution in [3.8, 4) is 6.07 Å². The van der Waals surface area contributed by atoms with Crippen molar-refractivity contribution in [1.82, 2.24) is 19.9 Å². The Morgan fingerprint density at radius 3 is 2.81 bits per heavy atom. The van der Waals surface area contributed by atoms with Gasteiger partial charge in [0.15, 0.2) is 0 Å². The molecule has 0 spiro atoms. The number of carbonyl (C=O) groups excluding carboxylic acids is 2. The molecule has 2 aromatic heterocycles. The molecule has 5 N–H and O–H groups in total. The maximum absolute atomic E-state index is 11.9. The van der Waals surface area contributed by atoms with Crippen LogP contribution in [0.4, 0.5) is 11.8 Å². The molecule has 10 heteroatoms. The molecular formula is C22H26N8O2. The predicted molar refractivity (Wildman–Crippen MR) is 120 cm³/mol. The average Bonchev–Trinajstić information content (AvgIpc) is 3.25. The molecular weight excluding hydrogens is 408 g/mol. The summed E-state index contributed by atoms with van der Waals surface area (Å²) in [5, 5.41) is 16.3. The number of primary amides is 1. The number of nitrogens with zero attached hydrogens (tertiary/aromatic N) is 4. The van der Waals surface area contributed by atoms with E-state index in [1.165, 1.54) is 0 Å². The van der Waals surface area contributed by atoms with Gasteiger partial charge in [-0.05, 0) is 38.3 Å². The van der Waals surface area contributed by atoms with Crippen molar-refractivity contribution in [2.75, 3.05) is 23.7 Å². The molecule has 10 nitrogen and oxygen atoms in total. The summed E-state index contributed by atoms with van der Waals surface area (Å²) in [5.74, 6) is 0.666. The number of aromatic amines is 1. The van der Waals surface area contributed by atoms with Gasteiger partial charge in [0, 0.05) is 31.0 Å². The van der Waals surface area contributed by atoms with Crippen molar-refractivity contribution in [1.29, 1.82) is 5.26 Å². The van der Waals surface area contributed by atoms with Crippen LogP contribution in [0, 0.1) is 16.7 Å². The summed E-state index contributed by atoms with van der Waals surface area (Å²) >= 11 is 0. The lowest BCUT2D eigenvalue weighted by molar-refractivity contribution is -0.131. The van der Waals surface area contributed by atoms with E-state index >= 15 is 0 Å². The number of nitriles is 1. The standard InChI is InChI=1S/C22H26N8O2/c1-22(20(24)32)8-2-14(3-9-22)27-21-28-18-16(5-11-25-18)19(29-21)26-15-6-12-30(13-7-15)17(31)4-10-23/h2-3,5,8,11,15H,4,6-7,9,12-13H2,1H3,(H2,24,32)(H3,25,26,27,28,29). The van der Waals surface area contributed by atoms with Crippen LogP contribution in [0.3, 0.4) is 0 Å². The molecule has 1 aliphatic heterocycles. The van der Waals surface area contributed by atoms with Crippen molar-refractivity contribution < 1.29 is 9.59 Å². The number of hydrogen-bond acceptors (Lipinski definition) is 7. The summed E-state index contributed by atoms with van der Waals surface area (Å²) in [6.45, 7) is 3.03. The van der Waals surface area contributed by atoms with Crippen LogP contribution >= 0.6 is 0 Å². The number of hydrogen-bond donors (Lipinski definition) is 4. The second-order valence-corrected chi connectivity index (χ2v) is 8.37. The highest BCUT2D eigenvalue weighted by molar-refractivity contribution is 5.88. The van der Waals surface area contributed by atoms with Crippen molar-refractivity contribution in [3.05, 3.63) is 36.2 Å². The summed E-state index contributed by atoms with van der Waals surface area (Å²) in [7, 11) is 0. The van der Waals surface area contributed by atoms with E-state index in [1.54, 1.807) is 11.0 Å². The first-order valence-corrected chi connectivity index (χ1v) is 10.6. The van der Waals surface area contributed by atoms with Gasteiger partial charge in [0.2, 0.25) is 17.8 Å². The Kier molecular flexibility index (Phi) is 5.81. The highest BCUT2D eigenvalue weighted by atomic mass is 16.2. The smallest absolute Gasteiger partial charge is 0.236 e. The Hall–Kier alpha value is -3.87. The molecule has 0 saturated carbocycles. The van der Waals surface area contributed by atoms with Gasteiger partial charge in [0.1, 0.15) is 17.9 Å². The molecule has 2 aliphatic rings. The van der Waals surface area contributed by atoms with Crippen LogP contribution in [0.15, 0.2) is 36.2 Å². The van der Waals surface area contributed by atoms with E-state index in [9.17, 15) is 9.59 Å². The number of rotatable bonds is 6. The van der Waals surface area contributed by atoms with E-state index < -0.39 is 5.41 Å². The van der Waals surface area contributed by atoms with E-state index in [0.29, 0.717) is 36.9 Å². The Balaban J connectivity index is 1.46. The van der Waals surface area contributed by atoms with E-state index in [2.05, 4.69) is 25.6 Å². The van der Waals surface area contributed by atoms with Gasteiger partial charge < -0.3 is 26.3 Å². The fraction of sp³-hybridized carbons (Fsp3) is 0.409. The molecule has 1 aliphatic carbocycles. The fourth-order valence-corrected chi connectivity index (χ4v) is 3.89. The van der Waals surface area contributed by atoms with Crippen LogP contribution in [-0.4, -0.2) is 50.8 Å². The molecule has 32 heavy (non-hydrogen) atoms. The van der Waals surface area contributed by atoms with Gasteiger partial charge in [0.05, 0.1) is 16.9 Å². The van der Waals surface area contributed by atoms with Crippen LogP contribution in [-0.2, 0) is 9.59 Å². The molecule has 1 unspecified atom stereocenters. The molecule has 1 atom stereocenters. The minimum atomic E-state index is -0.689. The van der Waals surface area contributed by atoms with Crippen molar-refractivity contribution in [2.24, 2.45) is 11.1 Å². The second kappa shape index (κ2) is 8.70. The summed E-state index contributed by atoms with van der Waals surface area (Å²) in [6, 6.07) is 4.00. The SMILES string of the molecule is CC1(C(N)=O)C=CC(Nc2nc(NC3CCN(C(=O)CC#N)CC3)c3cc[nH]c3n2)=CC1. The molecule has 0 radical (unpaired) electrons. The lowest BCUT2D eigenvalue weighted by Gasteiger charge is -2.32. The number of anilines is 2. The normalized spacial score (nSPS) is 21.1. The highest BCUT2D eigenvalue weighted by Gasteiger charge is 2.29. The number of likely N-dealkylation sites (tertiary alicyclic amines) is 1. The monoisotopic (exact) mass is 434 g/mol. The van der Waals surface area contributed by atoms with E-state index in [-0.39, 0.29) is 24.3 Å². The van der Waals surface area contributed by atoms with Crippen LogP contribution in [0.5, 0.6) is 0 Å². The number of H-pyrrole nitrogens is 1. The molecule has 0 aromatic carbocycles. The minimum absolute atomic E-state index is 0.0775. The second-order valence-electron chi connectivity index (χ2n) is 8.37. The van der Waals surface area contributed by atoms with Crippen LogP contribution in [0.2, 0.25) is 0 Å². The van der Waals surface area contributed by atoms with Crippen LogP contribution in [0.1, 0.15) is 32.6 Å². The maximum Gasteiger partial charge on any atom is 0.236 e. The predicted octanol–water partition coefficient (Wildman–Crippen LogP) is 2.02. The third-order valence-corrected chi connectivity index (χ3v) is 6.03. The zero-order chi connectivity index (χ0) is 22.7. The lowest BCUT2D eigenvalue weighted by Crippen LogP contribution is -2.42. The molecule has 2 aromatic rings. The number of aromatic nitrogens is 3. The van der Waals surface area contributed by atoms with Crippen molar-refractivity contribution >= 4 is 34.6 Å². The molecule has 166 valence electrons. The van der Waals surface area contributed by atoms with Gasteiger partial charge in [-0.15, -0.1) is 0 Å². The Morgan fingerprint density at radius 2 is 2.16 bits per heavy atom. The topological polar surface area (TPSA) is 153 Å². The third kappa shape index (κ3) is 4.42. The van der Waals surface area contributed by atoms with Crippen molar-refractivity contribution in [3.63, 3.8) is 0 Å². The Labute approximate surface area is 185 Å². The van der Waals surface area contributed by atoms with E-state index in [4.69, 9.17) is 11.0 Å². The molecule has 3 heterocycles. The average molecular weight is 435 g/mol. The zero-order valence-electron chi connectivity index (χ0n) is 17.9. The highest BCUT2D eigenvalue weighted by Crippen LogP contribution is 2.30. The van der Waals surface area contributed by atoms with Gasteiger partial charge in [0.25, 0.3) is 0 Å². The summed E-state index contributed by atoms with van der Waals surface area (Å²) in [6.07, 6.45) is 9.31. The minimum Gasteiger partial charge on any atom is -0.369 e. The molecule has 2 amide bonds. The number of nitrogens with two attached hydrogens (primary N) is 1. The first kappa shape index (κ1) is 21.4. The first-order chi connectivity index (χ1) is 15.4. The number of piperidine rings is 1. The molecule has 1 saturated heterocycles. The van der Waals surface area contributed by atoms with E-state index in [1.807, 2.05) is 37.4 Å². The molecule has 1 fully saturated rings. The number of amides is 2. The van der Waals surface area contributed by atoms with Gasteiger partial charge in [-0.3, -0.25) is 9.59 Å². The van der Waals surface area contributed by atoms with Gasteiger partial charge >= 0.3 is 0 Å². The third-order valence-electron chi connectivity index (χ3n) is 6.03. The summed E-state index contributed by atoms with van der Waals surface area (Å²) < 4.78 is 0. The number of carbonyl (C=O) groups is 2. The number of allylic oxidation sites excluding steroid dienone is 2. The molecule has 0 bridgehead atoms. The van der Waals surface area contributed by atoms with Crippen LogP contribution in [0.25, 0.3) is 11.0 Å². The fourth-order valence-electron chi connectivity index (χ4n) is 3.89. The quantitative estimate of drug-likeness (QED) is 0.542. The van der Waals surface area contributed by atoms with Crippen LogP contribution < -0.4 is 16.4 Å². The largest absolute Gasteiger partial charge is 0.369 e. The first-order valence-electron chi connectivity index (χ1n) is 10.6. The summed E-state index contributed by atoms with van der Waals surface area (Å²) in [5.41, 5.74) is 6.30. The van der Waals surface area contributed by atoms with E-state index in [0.717, 1.165) is 23.9 Å². The lowest BCUT2D eigenvalue weighted by atomic mass is 9.82. The molecule has 4 rings (SSSR count). The Bertz CT molecular complexity index is 1140. The van der Waals surface area contributed by atoms with Gasteiger partial charge in [-0.2, -0.15) is 15.2 Å². The zero-order valence-corrected chi connectivity index (χ0v) is 17.9. The number of fused-ring (bicyclic) bond motifs is 1. The van der Waals surface area contributed by atoms with Gasteiger partial charge in [-0.1, -0.05) is 12.2 Å². The number of nitrogens with one attached hydrogen (secondary N) is 3. The van der Waals surface area contributed by atoms with Crippen molar-refractivity contribution in [2.45, 2.75) is 38.6 Å². The summed E-state index contributed by atoms with van der Waals surface area (Å²) in [4.78, 5) is 37.6. The Morgan fingerprint density at radius 1 is 1.38 bits per heavy atom.